The van der Waals surface area contributed by atoms with Crippen LogP contribution >= 0.6 is 15.9 Å². The van der Waals surface area contributed by atoms with E-state index in [4.69, 9.17) is 0 Å². The highest BCUT2D eigenvalue weighted by atomic mass is 79.9. The van der Waals surface area contributed by atoms with E-state index >= 15 is 0 Å². The Morgan fingerprint density at radius 2 is 2.24 bits per heavy atom. The lowest BCUT2D eigenvalue weighted by atomic mass is 10.1. The molecule has 1 aromatic carbocycles. The van der Waals surface area contributed by atoms with E-state index in [1.807, 2.05) is 6.92 Å². The van der Waals surface area contributed by atoms with E-state index in [9.17, 15) is 9.18 Å². The van der Waals surface area contributed by atoms with Gasteiger partial charge in [0, 0.05) is 17.2 Å². The zero-order valence-electron chi connectivity index (χ0n) is 9.15. The van der Waals surface area contributed by atoms with Crippen LogP contribution in [-0.2, 0) is 6.54 Å². The third-order valence-electron chi connectivity index (χ3n) is 2.42. The topological polar surface area (TPSA) is 34.9 Å². The highest BCUT2D eigenvalue weighted by Crippen LogP contribution is 2.18. The Morgan fingerprint density at radius 3 is 2.94 bits per heavy atom. The first-order valence-corrected chi connectivity index (χ1v) is 5.94. The van der Waals surface area contributed by atoms with Gasteiger partial charge in [0.05, 0.1) is 5.56 Å². The molecule has 0 amide bonds. The summed E-state index contributed by atoms with van der Waals surface area (Å²) in [6.45, 7) is 2.45. The molecule has 0 radical (unpaired) electrons. The van der Waals surface area contributed by atoms with Gasteiger partial charge in [0.25, 0.3) is 0 Å². The molecule has 0 saturated heterocycles. The second-order valence-electron chi connectivity index (χ2n) is 3.49. The van der Waals surface area contributed by atoms with Gasteiger partial charge in [-0.1, -0.05) is 15.9 Å². The molecule has 0 aliphatic carbocycles. The molecule has 0 saturated carbocycles. The fourth-order valence-corrected chi connectivity index (χ4v) is 1.95. The Kier molecular flexibility index (Phi) is 3.38. The molecule has 1 aromatic heterocycles. The Morgan fingerprint density at radius 1 is 1.47 bits per heavy atom. The van der Waals surface area contributed by atoms with E-state index in [2.05, 4.69) is 21.0 Å². The largest absolute Gasteiger partial charge is 0.287 e. The van der Waals surface area contributed by atoms with Gasteiger partial charge in [0.1, 0.15) is 11.5 Å². The number of ketones is 1. The van der Waals surface area contributed by atoms with Crippen LogP contribution in [0.15, 0.2) is 34.9 Å². The highest BCUT2D eigenvalue weighted by molar-refractivity contribution is 9.10. The van der Waals surface area contributed by atoms with Crippen molar-refractivity contribution >= 4 is 21.7 Å². The van der Waals surface area contributed by atoms with Gasteiger partial charge in [-0.2, -0.15) is 5.10 Å². The third-order valence-corrected chi connectivity index (χ3v) is 2.91. The van der Waals surface area contributed by atoms with Gasteiger partial charge in [0.15, 0.2) is 0 Å². The molecular formula is C12H10BrFN2O. The maximum Gasteiger partial charge on any atom is 0.213 e. The van der Waals surface area contributed by atoms with Crippen LogP contribution in [0.3, 0.4) is 0 Å². The standard InChI is InChI=1S/C12H10BrFN2O/c1-2-16-11(5-6-15-16)12(17)9-7-8(13)3-4-10(9)14/h3-7H,2H2,1H3. The summed E-state index contributed by atoms with van der Waals surface area (Å²) >= 11 is 3.22. The first kappa shape index (κ1) is 12.0. The van der Waals surface area contributed by atoms with Crippen LogP contribution in [0.4, 0.5) is 4.39 Å². The van der Waals surface area contributed by atoms with Gasteiger partial charge in [-0.25, -0.2) is 4.39 Å². The van der Waals surface area contributed by atoms with E-state index in [0.717, 1.165) is 0 Å². The van der Waals surface area contributed by atoms with Crippen molar-refractivity contribution in [2.75, 3.05) is 0 Å². The number of rotatable bonds is 3. The minimum Gasteiger partial charge on any atom is -0.287 e. The monoisotopic (exact) mass is 296 g/mol. The molecule has 0 aliphatic heterocycles. The second kappa shape index (κ2) is 4.79. The minimum atomic E-state index is -0.526. The van der Waals surface area contributed by atoms with E-state index in [-0.39, 0.29) is 11.3 Å². The van der Waals surface area contributed by atoms with Gasteiger partial charge in [-0.05, 0) is 31.2 Å². The molecular weight excluding hydrogens is 287 g/mol. The van der Waals surface area contributed by atoms with Crippen LogP contribution < -0.4 is 0 Å². The van der Waals surface area contributed by atoms with Crippen LogP contribution in [0.25, 0.3) is 0 Å². The lowest BCUT2D eigenvalue weighted by Crippen LogP contribution is -2.12. The number of carbonyl (C=O) groups is 1. The fourth-order valence-electron chi connectivity index (χ4n) is 1.59. The van der Waals surface area contributed by atoms with E-state index < -0.39 is 5.82 Å². The summed E-state index contributed by atoms with van der Waals surface area (Å²) in [5.41, 5.74) is 0.444. The molecule has 0 atom stereocenters. The summed E-state index contributed by atoms with van der Waals surface area (Å²) in [5, 5.41) is 4.00. The van der Waals surface area contributed by atoms with Crippen LogP contribution in [-0.4, -0.2) is 15.6 Å². The number of hydrogen-bond donors (Lipinski definition) is 0. The Hall–Kier alpha value is -1.49. The molecule has 5 heteroatoms. The van der Waals surface area contributed by atoms with Crippen molar-refractivity contribution in [2.45, 2.75) is 13.5 Å². The van der Waals surface area contributed by atoms with E-state index in [1.165, 1.54) is 18.3 Å². The molecule has 0 bridgehead atoms. The van der Waals surface area contributed by atoms with Gasteiger partial charge < -0.3 is 0 Å². The van der Waals surface area contributed by atoms with Gasteiger partial charge in [-0.15, -0.1) is 0 Å². The van der Waals surface area contributed by atoms with Gasteiger partial charge in [0.2, 0.25) is 5.78 Å². The Bertz CT molecular complexity index is 565. The van der Waals surface area contributed by atoms with Gasteiger partial charge >= 0.3 is 0 Å². The van der Waals surface area contributed by atoms with Gasteiger partial charge in [-0.3, -0.25) is 9.48 Å². The van der Waals surface area contributed by atoms with E-state index in [1.54, 1.807) is 16.8 Å². The molecule has 0 fully saturated rings. The predicted octanol–water partition coefficient (Wildman–Crippen LogP) is 3.04. The number of aromatic nitrogens is 2. The lowest BCUT2D eigenvalue weighted by molar-refractivity contribution is 0.102. The molecule has 0 spiro atoms. The van der Waals surface area contributed by atoms with Crippen LogP contribution in [0, 0.1) is 5.82 Å². The van der Waals surface area contributed by atoms with Crippen molar-refractivity contribution in [2.24, 2.45) is 0 Å². The SMILES string of the molecule is CCn1nccc1C(=O)c1cc(Br)ccc1F. The first-order chi connectivity index (χ1) is 8.13. The molecule has 0 unspecified atom stereocenters. The second-order valence-corrected chi connectivity index (χ2v) is 4.40. The summed E-state index contributed by atoms with van der Waals surface area (Å²) in [5.74, 6) is -0.884. The van der Waals surface area contributed by atoms with Crippen molar-refractivity contribution < 1.29 is 9.18 Å². The van der Waals surface area contributed by atoms with Crippen LogP contribution in [0.5, 0.6) is 0 Å². The third kappa shape index (κ3) is 2.29. The fraction of sp³-hybridized carbons (Fsp3) is 0.167. The summed E-state index contributed by atoms with van der Waals surface area (Å²) in [6.07, 6.45) is 1.53. The maximum absolute atomic E-state index is 13.6. The van der Waals surface area contributed by atoms with Crippen molar-refractivity contribution in [1.29, 1.82) is 0 Å². The summed E-state index contributed by atoms with van der Waals surface area (Å²) in [6, 6.07) is 5.89. The number of carbonyl (C=O) groups excluding carboxylic acids is 1. The first-order valence-electron chi connectivity index (χ1n) is 5.15. The maximum atomic E-state index is 13.6. The Labute approximate surface area is 106 Å². The zero-order chi connectivity index (χ0) is 12.4. The molecule has 0 aliphatic rings. The van der Waals surface area contributed by atoms with Crippen molar-refractivity contribution in [3.05, 3.63) is 52.0 Å². The normalized spacial score (nSPS) is 10.5. The van der Waals surface area contributed by atoms with Crippen LogP contribution in [0.2, 0.25) is 0 Å². The summed E-state index contributed by atoms with van der Waals surface area (Å²) < 4.78 is 15.8. The zero-order valence-corrected chi connectivity index (χ0v) is 10.7. The van der Waals surface area contributed by atoms with Crippen molar-refractivity contribution in [3.8, 4) is 0 Å². The van der Waals surface area contributed by atoms with Crippen molar-refractivity contribution in [3.63, 3.8) is 0 Å². The molecule has 88 valence electrons. The number of aryl methyl sites for hydroxylation is 1. The summed E-state index contributed by atoms with van der Waals surface area (Å²) in [4.78, 5) is 12.1. The summed E-state index contributed by atoms with van der Waals surface area (Å²) in [7, 11) is 0. The Balaban J connectivity index is 2.47. The molecule has 2 rings (SSSR count). The quantitative estimate of drug-likeness (QED) is 0.816. The smallest absolute Gasteiger partial charge is 0.213 e. The number of nitrogens with zero attached hydrogens (tertiary/aromatic N) is 2. The average Bonchev–Trinajstić information content (AvgIpc) is 2.79. The molecule has 2 aromatic rings. The molecule has 17 heavy (non-hydrogen) atoms. The average molecular weight is 297 g/mol. The minimum absolute atomic E-state index is 0.0505. The van der Waals surface area contributed by atoms with E-state index in [0.29, 0.717) is 16.7 Å². The van der Waals surface area contributed by atoms with Crippen molar-refractivity contribution in [1.82, 2.24) is 9.78 Å². The lowest BCUT2D eigenvalue weighted by Gasteiger charge is -2.05. The molecule has 1 heterocycles. The number of hydrogen-bond acceptors (Lipinski definition) is 2. The highest BCUT2D eigenvalue weighted by Gasteiger charge is 2.17. The predicted molar refractivity (Wildman–Crippen MR) is 65.4 cm³/mol. The number of benzene rings is 1. The molecule has 0 N–H and O–H groups in total. The molecule has 3 nitrogen and oxygen atoms in total. The van der Waals surface area contributed by atoms with Crippen LogP contribution in [0.1, 0.15) is 23.0 Å². The number of halogens is 2.